The van der Waals surface area contributed by atoms with Crippen LogP contribution in [0.1, 0.15) is 50.7 Å². The maximum Gasteiger partial charge on any atom is 0.336 e. The van der Waals surface area contributed by atoms with Crippen LogP contribution in [0.5, 0.6) is 5.75 Å². The zero-order valence-corrected chi connectivity index (χ0v) is 23.4. The number of allylic oxidation sites excluding steroid dienone is 1. The maximum atomic E-state index is 13.3. The minimum Gasteiger partial charge on any atom is -0.493 e. The van der Waals surface area contributed by atoms with Gasteiger partial charge in [-0.25, -0.2) is 4.79 Å². The minimum absolute atomic E-state index is 0.0791. The van der Waals surface area contributed by atoms with E-state index in [9.17, 15) is 19.7 Å². The SMILES string of the molecule is CCCOCCc1ccc(OCCCOC(=O)C2=C(C)N=C(C)C(C(=O)OC)C2c2cccc([N+](=O)[O-])c2)cc1. The van der Waals surface area contributed by atoms with E-state index >= 15 is 0 Å². The Morgan fingerprint density at radius 3 is 2.45 bits per heavy atom. The van der Waals surface area contributed by atoms with Crippen LogP contribution in [0.15, 0.2) is 64.8 Å². The number of rotatable bonds is 14. The number of carbonyl (C=O) groups is 2. The summed E-state index contributed by atoms with van der Waals surface area (Å²) in [5.41, 5.74) is 2.44. The second-order valence-corrected chi connectivity index (χ2v) is 9.43. The Bertz CT molecular complexity index is 1250. The van der Waals surface area contributed by atoms with Gasteiger partial charge >= 0.3 is 11.9 Å². The summed E-state index contributed by atoms with van der Waals surface area (Å²) < 4.78 is 21.8. The van der Waals surface area contributed by atoms with Gasteiger partial charge in [-0.15, -0.1) is 0 Å². The predicted molar refractivity (Wildman–Crippen MR) is 149 cm³/mol. The van der Waals surface area contributed by atoms with Crippen LogP contribution in [-0.4, -0.2) is 56.1 Å². The Hall–Kier alpha value is -4.05. The second kappa shape index (κ2) is 14.9. The molecule has 2 atom stereocenters. The number of ether oxygens (including phenoxy) is 4. The van der Waals surface area contributed by atoms with Gasteiger partial charge in [0.2, 0.25) is 0 Å². The number of nitro groups is 1. The number of non-ortho nitro benzene ring substituents is 1. The number of hydrogen-bond donors (Lipinski definition) is 0. The Morgan fingerprint density at radius 2 is 1.77 bits per heavy atom. The van der Waals surface area contributed by atoms with Crippen LogP contribution in [0.3, 0.4) is 0 Å². The normalized spacial score (nSPS) is 16.8. The topological polar surface area (TPSA) is 127 Å². The highest BCUT2D eigenvalue weighted by Crippen LogP contribution is 2.40. The first-order valence-electron chi connectivity index (χ1n) is 13.3. The molecule has 0 fully saturated rings. The lowest BCUT2D eigenvalue weighted by atomic mass is 9.75. The molecule has 0 N–H and O–H groups in total. The molecule has 1 heterocycles. The van der Waals surface area contributed by atoms with Crippen LogP contribution in [-0.2, 0) is 30.2 Å². The van der Waals surface area contributed by atoms with E-state index in [4.69, 9.17) is 18.9 Å². The summed E-state index contributed by atoms with van der Waals surface area (Å²) in [7, 11) is 1.25. The van der Waals surface area contributed by atoms with E-state index in [0.717, 1.165) is 25.0 Å². The molecule has 0 saturated carbocycles. The van der Waals surface area contributed by atoms with E-state index in [-0.39, 0.29) is 17.9 Å². The van der Waals surface area contributed by atoms with Crippen molar-refractivity contribution in [2.24, 2.45) is 10.9 Å². The summed E-state index contributed by atoms with van der Waals surface area (Å²) in [5, 5.41) is 11.4. The molecular formula is C30H36N2O8. The number of nitro benzene ring substituents is 1. The summed E-state index contributed by atoms with van der Waals surface area (Å²) in [6.45, 7) is 7.26. The van der Waals surface area contributed by atoms with Crippen LogP contribution >= 0.6 is 0 Å². The Morgan fingerprint density at radius 1 is 1.02 bits per heavy atom. The highest BCUT2D eigenvalue weighted by atomic mass is 16.6. The van der Waals surface area contributed by atoms with Crippen molar-refractivity contribution in [2.45, 2.75) is 46.0 Å². The van der Waals surface area contributed by atoms with Gasteiger partial charge in [-0.2, -0.15) is 0 Å². The standard InChI is InChI=1S/C30H36N2O8/c1-5-15-38-18-14-22-10-12-25(13-11-22)39-16-7-17-40-30(34)27-21(3)31-20(2)26(29(33)37-4)28(27)23-8-6-9-24(19-23)32(35)36/h6,8-13,19,26,28H,5,7,14-18H2,1-4H3. The minimum atomic E-state index is -0.928. The van der Waals surface area contributed by atoms with E-state index in [1.807, 2.05) is 24.3 Å². The first-order valence-corrected chi connectivity index (χ1v) is 13.3. The Labute approximate surface area is 234 Å². The summed E-state index contributed by atoms with van der Waals surface area (Å²) in [6.07, 6.45) is 2.28. The zero-order valence-electron chi connectivity index (χ0n) is 23.4. The second-order valence-electron chi connectivity index (χ2n) is 9.43. The van der Waals surface area contributed by atoms with Crippen molar-refractivity contribution in [3.05, 3.63) is 81.0 Å². The first-order chi connectivity index (χ1) is 19.3. The number of benzene rings is 2. The number of esters is 2. The van der Waals surface area contributed by atoms with E-state index in [0.29, 0.717) is 42.4 Å². The highest BCUT2D eigenvalue weighted by Gasteiger charge is 2.42. The molecule has 2 unspecified atom stereocenters. The molecule has 2 aromatic carbocycles. The number of methoxy groups -OCH3 is 1. The average molecular weight is 553 g/mol. The third-order valence-electron chi connectivity index (χ3n) is 6.54. The summed E-state index contributed by atoms with van der Waals surface area (Å²) >= 11 is 0. The van der Waals surface area contributed by atoms with Crippen LogP contribution < -0.4 is 4.74 Å². The third kappa shape index (κ3) is 7.98. The van der Waals surface area contributed by atoms with Gasteiger partial charge in [-0.3, -0.25) is 19.9 Å². The van der Waals surface area contributed by atoms with Gasteiger partial charge in [0.1, 0.15) is 11.7 Å². The van der Waals surface area contributed by atoms with Gasteiger partial charge < -0.3 is 18.9 Å². The Kier molecular flexibility index (Phi) is 11.4. The van der Waals surface area contributed by atoms with Crippen molar-refractivity contribution in [3.8, 4) is 5.75 Å². The molecule has 0 bridgehead atoms. The van der Waals surface area contributed by atoms with Crippen LogP contribution in [0.2, 0.25) is 0 Å². The van der Waals surface area contributed by atoms with Crippen molar-refractivity contribution < 1.29 is 33.5 Å². The van der Waals surface area contributed by atoms with E-state index in [1.54, 1.807) is 19.9 Å². The molecule has 0 aliphatic carbocycles. The number of hydrogen-bond acceptors (Lipinski definition) is 9. The maximum absolute atomic E-state index is 13.3. The number of aliphatic imine (C=N–C) groups is 1. The van der Waals surface area contributed by atoms with Gasteiger partial charge in [0, 0.05) is 42.5 Å². The van der Waals surface area contributed by atoms with Crippen molar-refractivity contribution >= 4 is 23.3 Å². The lowest BCUT2D eigenvalue weighted by Gasteiger charge is -2.31. The molecule has 214 valence electrons. The summed E-state index contributed by atoms with van der Waals surface area (Å²) in [4.78, 5) is 41.3. The van der Waals surface area contributed by atoms with Gasteiger partial charge in [-0.1, -0.05) is 31.2 Å². The highest BCUT2D eigenvalue weighted by molar-refractivity contribution is 6.07. The van der Waals surface area contributed by atoms with Gasteiger partial charge in [0.05, 0.1) is 37.4 Å². The fourth-order valence-corrected chi connectivity index (χ4v) is 4.61. The first kappa shape index (κ1) is 30.5. The predicted octanol–water partition coefficient (Wildman–Crippen LogP) is 5.20. The smallest absolute Gasteiger partial charge is 0.336 e. The molecule has 2 aromatic rings. The molecule has 40 heavy (non-hydrogen) atoms. The number of carbonyl (C=O) groups excluding carboxylic acids is 2. The van der Waals surface area contributed by atoms with Gasteiger partial charge in [-0.05, 0) is 49.9 Å². The van der Waals surface area contributed by atoms with Crippen LogP contribution in [0, 0.1) is 16.0 Å². The molecule has 10 nitrogen and oxygen atoms in total. The molecule has 1 aliphatic heterocycles. The molecule has 0 aromatic heterocycles. The molecule has 0 radical (unpaired) electrons. The summed E-state index contributed by atoms with van der Waals surface area (Å²) in [6, 6.07) is 13.7. The molecule has 0 saturated heterocycles. The van der Waals surface area contributed by atoms with Crippen molar-refractivity contribution in [2.75, 3.05) is 33.5 Å². The fraction of sp³-hybridized carbons (Fsp3) is 0.433. The lowest BCUT2D eigenvalue weighted by Crippen LogP contribution is -2.36. The molecule has 0 spiro atoms. The Balaban J connectivity index is 1.64. The average Bonchev–Trinajstić information content (AvgIpc) is 2.95. The van der Waals surface area contributed by atoms with E-state index < -0.39 is 28.7 Å². The van der Waals surface area contributed by atoms with Crippen molar-refractivity contribution in [3.63, 3.8) is 0 Å². The third-order valence-corrected chi connectivity index (χ3v) is 6.54. The lowest BCUT2D eigenvalue weighted by molar-refractivity contribution is -0.384. The van der Waals surface area contributed by atoms with Crippen LogP contribution in [0.25, 0.3) is 0 Å². The quantitative estimate of drug-likeness (QED) is 0.135. The largest absolute Gasteiger partial charge is 0.493 e. The van der Waals surface area contributed by atoms with Crippen LogP contribution in [0.4, 0.5) is 5.69 Å². The molecule has 10 heteroatoms. The van der Waals surface area contributed by atoms with E-state index in [2.05, 4.69) is 11.9 Å². The molecule has 3 rings (SSSR count). The van der Waals surface area contributed by atoms with Crippen molar-refractivity contribution in [1.82, 2.24) is 0 Å². The number of nitrogens with zero attached hydrogens (tertiary/aromatic N) is 2. The van der Waals surface area contributed by atoms with E-state index in [1.165, 1.54) is 25.3 Å². The van der Waals surface area contributed by atoms with Crippen molar-refractivity contribution in [1.29, 1.82) is 0 Å². The molecule has 1 aliphatic rings. The summed E-state index contributed by atoms with van der Waals surface area (Å²) in [5.74, 6) is -2.30. The monoisotopic (exact) mass is 552 g/mol. The fourth-order valence-electron chi connectivity index (χ4n) is 4.61. The van der Waals surface area contributed by atoms with Gasteiger partial charge in [0.15, 0.2) is 0 Å². The van der Waals surface area contributed by atoms with Gasteiger partial charge in [0.25, 0.3) is 5.69 Å². The zero-order chi connectivity index (χ0) is 29.1. The molecular weight excluding hydrogens is 516 g/mol. The molecule has 0 amide bonds.